The van der Waals surface area contributed by atoms with Crippen molar-refractivity contribution in [1.29, 1.82) is 0 Å². The number of nitrogens with zero attached hydrogens (tertiary/aromatic N) is 4. The number of sulfonamides is 1. The average molecular weight is 824 g/mol. The number of hydrogen-bond acceptors (Lipinski definition) is 10. The fourth-order valence-corrected chi connectivity index (χ4v) is 9.60. The van der Waals surface area contributed by atoms with Gasteiger partial charge in [-0.3, -0.25) is 14.4 Å². The third-order valence-electron chi connectivity index (χ3n) is 12.5. The lowest BCUT2D eigenvalue weighted by atomic mass is 9.84. The molecule has 2 saturated heterocycles. The lowest BCUT2D eigenvalue weighted by Gasteiger charge is -2.37. The first-order valence-electron chi connectivity index (χ1n) is 20.2. The summed E-state index contributed by atoms with van der Waals surface area (Å²) in [5, 5.41) is 6.71. The fraction of sp³-hybridized carbons (Fsp3) is 0.585. The van der Waals surface area contributed by atoms with E-state index in [1.165, 1.54) is 42.5 Å². The monoisotopic (exact) mass is 823 g/mol. The van der Waals surface area contributed by atoms with E-state index in [0.717, 1.165) is 12.8 Å². The number of aromatic nitrogens is 1. The molecule has 4 heterocycles. The van der Waals surface area contributed by atoms with Crippen LogP contribution in [-0.2, 0) is 24.4 Å². The molecule has 15 nitrogen and oxygen atoms in total. The number of nitrogens with one attached hydrogen (secondary N) is 3. The number of pyridine rings is 1. The number of piperazine rings is 1. The maximum atomic E-state index is 15.1. The third kappa shape index (κ3) is 8.24. The fourth-order valence-electron chi connectivity index (χ4n) is 8.31. The van der Waals surface area contributed by atoms with Gasteiger partial charge in [0, 0.05) is 31.6 Å². The van der Waals surface area contributed by atoms with Crippen LogP contribution in [-0.4, -0.2) is 121 Å². The highest BCUT2D eigenvalue weighted by Crippen LogP contribution is 2.44. The molecule has 0 spiro atoms. The number of halogens is 1. The van der Waals surface area contributed by atoms with Gasteiger partial charge in [0.25, 0.3) is 5.91 Å². The number of methoxy groups -OCH3 is 1. The number of carbonyl (C=O) groups is 4. The first kappa shape index (κ1) is 41.4. The van der Waals surface area contributed by atoms with Crippen molar-refractivity contribution < 1.29 is 41.5 Å². The summed E-state index contributed by atoms with van der Waals surface area (Å²) in [6, 6.07) is 1.35. The molecule has 58 heavy (non-hydrogen) atoms. The standard InChI is InChI=1S/C41H54FN7O8S/c1-6-26-19-25(2)9-7-8-10-27-22-41(27,38(52)46-58(54,55)40(3)13-14-40)45-35(50)32-21-29(57-36-31-20-28(42)11-12-30(31)33(56-5)23-43-36)24-49(32)37(51)34(26)44-39(53)48-17-15-47(4)16-18-48/h11-12,20-23,25-26,32,34H,6-10,13-19,24H2,1-5H3,(H,44,53)(H,45,50)(H,46,52)/t25-,26-,32+,34+,41?/m1/s1. The molecule has 1 aromatic carbocycles. The Labute approximate surface area is 338 Å². The van der Waals surface area contributed by atoms with Crippen LogP contribution in [0.25, 0.3) is 10.8 Å². The van der Waals surface area contributed by atoms with Gasteiger partial charge in [-0.2, -0.15) is 0 Å². The van der Waals surface area contributed by atoms with E-state index in [9.17, 15) is 27.2 Å². The second-order valence-corrected chi connectivity index (χ2v) is 19.0. The number of ether oxygens (including phenoxy) is 2. The number of likely N-dealkylation sites (N-methyl/N-ethyl adjacent to an activating group) is 1. The van der Waals surface area contributed by atoms with Crippen LogP contribution in [0.4, 0.5) is 9.18 Å². The van der Waals surface area contributed by atoms with Crippen LogP contribution in [0.15, 0.2) is 47.9 Å². The number of amides is 5. The first-order valence-corrected chi connectivity index (χ1v) is 21.7. The van der Waals surface area contributed by atoms with Gasteiger partial charge in [-0.15, -0.1) is 0 Å². The lowest BCUT2D eigenvalue weighted by Crippen LogP contribution is -2.61. The van der Waals surface area contributed by atoms with Crippen molar-refractivity contribution in [2.45, 2.75) is 94.5 Å². The molecular formula is C41H54FN7O8S. The van der Waals surface area contributed by atoms with Crippen molar-refractivity contribution in [2.24, 2.45) is 11.8 Å². The molecule has 17 heteroatoms. The maximum Gasteiger partial charge on any atom is 0.318 e. The van der Waals surface area contributed by atoms with Crippen molar-refractivity contribution in [3.8, 4) is 11.6 Å². The Morgan fingerprint density at radius 1 is 1.10 bits per heavy atom. The normalized spacial score (nSPS) is 27.8. The van der Waals surface area contributed by atoms with Crippen LogP contribution < -0.4 is 24.8 Å². The van der Waals surface area contributed by atoms with Crippen molar-refractivity contribution in [2.75, 3.05) is 46.9 Å². The Balaban J connectivity index is 1.25. The molecule has 0 radical (unpaired) electrons. The van der Waals surface area contributed by atoms with E-state index in [0.29, 0.717) is 86.8 Å². The van der Waals surface area contributed by atoms with E-state index < -0.39 is 55.9 Å². The van der Waals surface area contributed by atoms with Gasteiger partial charge in [0.1, 0.15) is 29.4 Å². The SMILES string of the molecule is CC[C@@H]1C[C@H](C)CCCCC2=CC2(C(=O)NS(=O)(=O)C2(C)CC2)NC(=O)[C@@H]2C=C(Oc3ncc(OC)c4ccc(F)cc34)CN2C(=O)[C@H]1NC(=O)N1CCN(C)CC1. The van der Waals surface area contributed by atoms with Gasteiger partial charge in [0.2, 0.25) is 27.7 Å². The largest absolute Gasteiger partial charge is 0.494 e. The minimum absolute atomic E-state index is 0.0121. The highest BCUT2D eigenvalue weighted by Gasteiger charge is 2.57. The third-order valence-corrected chi connectivity index (χ3v) is 14.7. The highest BCUT2D eigenvalue weighted by molar-refractivity contribution is 7.91. The summed E-state index contributed by atoms with van der Waals surface area (Å²) in [6.45, 7) is 7.79. The predicted molar refractivity (Wildman–Crippen MR) is 214 cm³/mol. The van der Waals surface area contributed by atoms with Gasteiger partial charge in [-0.25, -0.2) is 27.3 Å². The molecule has 2 aliphatic carbocycles. The molecule has 5 amide bonds. The van der Waals surface area contributed by atoms with Gasteiger partial charge in [-0.1, -0.05) is 33.1 Å². The molecule has 5 atom stereocenters. The zero-order chi connectivity index (χ0) is 41.6. The van der Waals surface area contributed by atoms with E-state index in [1.807, 2.05) is 14.0 Å². The Morgan fingerprint density at radius 3 is 2.53 bits per heavy atom. The van der Waals surface area contributed by atoms with E-state index in [2.05, 4.69) is 32.2 Å². The minimum Gasteiger partial charge on any atom is -0.494 e. The summed E-state index contributed by atoms with van der Waals surface area (Å²) in [5.74, 6) is -2.24. The van der Waals surface area contributed by atoms with Crippen molar-refractivity contribution in [3.63, 3.8) is 0 Å². The lowest BCUT2D eigenvalue weighted by molar-refractivity contribution is -0.141. The Morgan fingerprint density at radius 2 is 1.84 bits per heavy atom. The molecule has 1 saturated carbocycles. The smallest absolute Gasteiger partial charge is 0.318 e. The first-order chi connectivity index (χ1) is 27.6. The predicted octanol–water partition coefficient (Wildman–Crippen LogP) is 3.60. The number of urea groups is 1. The maximum absolute atomic E-state index is 15.1. The Hall–Kier alpha value is -4.77. The molecule has 3 aliphatic heterocycles. The summed E-state index contributed by atoms with van der Waals surface area (Å²) < 4.78 is 53.9. The summed E-state index contributed by atoms with van der Waals surface area (Å²) in [4.78, 5) is 67.0. The summed E-state index contributed by atoms with van der Waals surface area (Å²) in [6.07, 6.45) is 9.27. The van der Waals surface area contributed by atoms with Crippen LogP contribution in [0.2, 0.25) is 0 Å². The highest BCUT2D eigenvalue weighted by atomic mass is 32.2. The zero-order valence-electron chi connectivity index (χ0n) is 33.8. The molecule has 3 fully saturated rings. The molecule has 0 bridgehead atoms. The zero-order valence-corrected chi connectivity index (χ0v) is 34.6. The number of rotatable bonds is 8. The minimum atomic E-state index is -4.04. The van der Waals surface area contributed by atoms with Crippen LogP contribution in [0.3, 0.4) is 0 Å². The topological polar surface area (TPSA) is 180 Å². The molecule has 314 valence electrons. The number of fused-ring (bicyclic) bond motifs is 3. The molecule has 1 unspecified atom stereocenters. The molecule has 1 aromatic heterocycles. The summed E-state index contributed by atoms with van der Waals surface area (Å²) >= 11 is 0. The van der Waals surface area contributed by atoms with Gasteiger partial charge < -0.3 is 34.8 Å². The van der Waals surface area contributed by atoms with Crippen LogP contribution >= 0.6 is 0 Å². The van der Waals surface area contributed by atoms with Crippen molar-refractivity contribution in [3.05, 3.63) is 53.7 Å². The quantitative estimate of drug-likeness (QED) is 0.333. The molecule has 7 rings (SSSR count). The van der Waals surface area contributed by atoms with E-state index in [4.69, 9.17) is 9.47 Å². The molecule has 2 aromatic rings. The van der Waals surface area contributed by atoms with E-state index in [-0.39, 0.29) is 36.1 Å². The van der Waals surface area contributed by atoms with Gasteiger partial charge in [-0.05, 0) is 93.8 Å². The Bertz CT molecular complexity index is 2150. The number of hydrogen-bond donors (Lipinski definition) is 3. The van der Waals surface area contributed by atoms with Gasteiger partial charge >= 0.3 is 6.03 Å². The molecule has 3 N–H and O–H groups in total. The Kier molecular flexibility index (Phi) is 11.5. The summed E-state index contributed by atoms with van der Waals surface area (Å²) in [5.41, 5.74) is -1.12. The van der Waals surface area contributed by atoms with Crippen LogP contribution in [0, 0.1) is 17.7 Å². The van der Waals surface area contributed by atoms with Gasteiger partial charge in [0.05, 0.1) is 30.0 Å². The number of carbonyl (C=O) groups excluding carboxylic acids is 4. The van der Waals surface area contributed by atoms with E-state index in [1.54, 1.807) is 17.9 Å². The van der Waals surface area contributed by atoms with Gasteiger partial charge in [0.15, 0.2) is 5.54 Å². The number of benzene rings is 1. The summed E-state index contributed by atoms with van der Waals surface area (Å²) in [7, 11) is -0.592. The second kappa shape index (κ2) is 16.1. The van der Waals surface area contributed by atoms with E-state index >= 15 is 4.79 Å². The molecule has 5 aliphatic rings. The van der Waals surface area contributed by atoms with Crippen LogP contribution in [0.1, 0.15) is 72.1 Å². The van der Waals surface area contributed by atoms with Crippen molar-refractivity contribution >= 4 is 44.5 Å². The average Bonchev–Trinajstić information content (AvgIpc) is 4.07. The van der Waals surface area contributed by atoms with Crippen molar-refractivity contribution in [1.82, 2.24) is 35.0 Å². The molecular weight excluding hydrogens is 770 g/mol. The second-order valence-electron chi connectivity index (χ2n) is 16.8. The van der Waals surface area contributed by atoms with Crippen LogP contribution in [0.5, 0.6) is 11.6 Å².